The number of hydrogen-bond acceptors (Lipinski definition) is 6. The predicted molar refractivity (Wildman–Crippen MR) is 156 cm³/mol. The van der Waals surface area contributed by atoms with Crippen LogP contribution in [0.3, 0.4) is 0 Å². The van der Waals surface area contributed by atoms with Gasteiger partial charge in [0, 0.05) is 42.8 Å². The van der Waals surface area contributed by atoms with Crippen molar-refractivity contribution in [1.82, 2.24) is 19.4 Å². The van der Waals surface area contributed by atoms with Gasteiger partial charge in [-0.2, -0.15) is 0 Å². The number of piperazine rings is 1. The lowest BCUT2D eigenvalue weighted by Crippen LogP contribution is -2.49. The monoisotopic (exact) mass is 539 g/mol. The minimum Gasteiger partial charge on any atom is -0.494 e. The number of nitrogens with zero attached hydrogens (tertiary/aromatic N) is 4. The van der Waals surface area contributed by atoms with E-state index < -0.39 is 0 Å². The van der Waals surface area contributed by atoms with Crippen LogP contribution in [0.1, 0.15) is 6.92 Å². The van der Waals surface area contributed by atoms with Crippen LogP contribution in [0.25, 0.3) is 27.6 Å². The van der Waals surface area contributed by atoms with Crippen LogP contribution in [0.5, 0.6) is 5.75 Å². The third-order valence-corrected chi connectivity index (χ3v) is 7.90. The maximum Gasteiger partial charge on any atom is 0.283 e. The first-order valence-electron chi connectivity index (χ1n) is 13.1. The third kappa shape index (κ3) is 4.97. The number of para-hydroxylation sites is 2. The van der Waals surface area contributed by atoms with Crippen molar-refractivity contribution in [2.24, 2.45) is 0 Å². The largest absolute Gasteiger partial charge is 0.494 e. The summed E-state index contributed by atoms with van der Waals surface area (Å²) in [6, 6.07) is 25.4. The molecule has 198 valence electrons. The number of aromatic amines is 1. The van der Waals surface area contributed by atoms with Gasteiger partial charge in [0.1, 0.15) is 16.8 Å². The number of hydrogen-bond donors (Lipinski definition) is 1. The second-order valence-electron chi connectivity index (χ2n) is 9.35. The van der Waals surface area contributed by atoms with Crippen LogP contribution in [0.15, 0.2) is 88.8 Å². The Morgan fingerprint density at radius 3 is 2.38 bits per heavy atom. The van der Waals surface area contributed by atoms with E-state index in [1.54, 1.807) is 4.57 Å². The molecule has 0 spiro atoms. The Hall–Kier alpha value is -4.24. The number of ether oxygens (including phenoxy) is 1. The lowest BCUT2D eigenvalue weighted by Gasteiger charge is -2.36. The molecule has 1 N–H and O–H groups in total. The summed E-state index contributed by atoms with van der Waals surface area (Å²) in [4.78, 5) is 39.4. The molecule has 0 radical (unpaired) electrons. The van der Waals surface area contributed by atoms with E-state index in [2.05, 4.69) is 22.0 Å². The second-order valence-corrected chi connectivity index (χ2v) is 10.3. The number of H-pyrrole nitrogens is 1. The standard InChI is InChI=1S/C30H29N5O3S/c1-2-38-23-14-12-22(13-15-23)35-29(37)28-27(24-10-6-7-11-25(24)31-28)32-30(35)39-20-26(36)34-18-16-33(17-19-34)21-8-4-3-5-9-21/h3-15,31H,2,16-20H2,1H3. The normalized spacial score (nSPS) is 13.8. The lowest BCUT2D eigenvalue weighted by molar-refractivity contribution is -0.128. The minimum atomic E-state index is -0.202. The molecule has 0 atom stereocenters. The zero-order chi connectivity index (χ0) is 26.8. The van der Waals surface area contributed by atoms with Crippen molar-refractivity contribution < 1.29 is 9.53 Å². The summed E-state index contributed by atoms with van der Waals surface area (Å²) in [5, 5.41) is 1.37. The van der Waals surface area contributed by atoms with Gasteiger partial charge in [0.05, 0.1) is 18.0 Å². The molecule has 0 bridgehead atoms. The molecular weight excluding hydrogens is 510 g/mol. The van der Waals surface area contributed by atoms with Crippen LogP contribution in [-0.2, 0) is 4.79 Å². The number of carbonyl (C=O) groups excluding carboxylic acids is 1. The molecule has 5 aromatic rings. The van der Waals surface area contributed by atoms with Gasteiger partial charge in [-0.15, -0.1) is 0 Å². The van der Waals surface area contributed by atoms with E-state index in [0.717, 1.165) is 29.7 Å². The molecule has 3 aromatic carbocycles. The third-order valence-electron chi connectivity index (χ3n) is 6.98. The molecule has 9 heteroatoms. The molecule has 1 amide bonds. The molecule has 0 aliphatic carbocycles. The fraction of sp³-hybridized carbons (Fsp3) is 0.233. The van der Waals surface area contributed by atoms with Crippen LogP contribution in [0, 0.1) is 0 Å². The van der Waals surface area contributed by atoms with Crippen molar-refractivity contribution in [3.63, 3.8) is 0 Å². The predicted octanol–water partition coefficient (Wildman–Crippen LogP) is 4.71. The first kappa shape index (κ1) is 25.1. The summed E-state index contributed by atoms with van der Waals surface area (Å²) < 4.78 is 7.16. The first-order valence-corrected chi connectivity index (χ1v) is 14.1. The summed E-state index contributed by atoms with van der Waals surface area (Å²) in [7, 11) is 0. The fourth-order valence-electron chi connectivity index (χ4n) is 5.00. The maximum absolute atomic E-state index is 13.8. The highest BCUT2D eigenvalue weighted by Crippen LogP contribution is 2.27. The van der Waals surface area contributed by atoms with Crippen LogP contribution >= 0.6 is 11.8 Å². The van der Waals surface area contributed by atoms with E-state index in [1.165, 1.54) is 17.4 Å². The Morgan fingerprint density at radius 2 is 1.64 bits per heavy atom. The summed E-state index contributed by atoms with van der Waals surface area (Å²) in [6.07, 6.45) is 0. The highest BCUT2D eigenvalue weighted by Gasteiger charge is 2.23. The Balaban J connectivity index is 1.28. The summed E-state index contributed by atoms with van der Waals surface area (Å²) in [5.74, 6) is 0.968. The van der Waals surface area contributed by atoms with Gasteiger partial charge in [-0.05, 0) is 49.4 Å². The lowest BCUT2D eigenvalue weighted by atomic mass is 10.2. The van der Waals surface area contributed by atoms with Crippen molar-refractivity contribution in [3.05, 3.63) is 89.2 Å². The molecule has 8 nitrogen and oxygen atoms in total. The topological polar surface area (TPSA) is 83.5 Å². The quantitative estimate of drug-likeness (QED) is 0.238. The van der Waals surface area contributed by atoms with Crippen molar-refractivity contribution in [2.45, 2.75) is 12.1 Å². The van der Waals surface area contributed by atoms with Crippen molar-refractivity contribution in [1.29, 1.82) is 0 Å². The maximum atomic E-state index is 13.8. The van der Waals surface area contributed by atoms with Gasteiger partial charge in [-0.1, -0.05) is 48.2 Å². The van der Waals surface area contributed by atoms with Gasteiger partial charge in [0.2, 0.25) is 5.91 Å². The molecule has 3 heterocycles. The Bertz CT molecular complexity index is 1670. The molecule has 2 aromatic heterocycles. The van der Waals surface area contributed by atoms with Crippen molar-refractivity contribution in [2.75, 3.05) is 43.4 Å². The van der Waals surface area contributed by atoms with E-state index in [1.807, 2.05) is 78.6 Å². The number of thioether (sulfide) groups is 1. The van der Waals surface area contributed by atoms with Gasteiger partial charge in [-0.3, -0.25) is 14.2 Å². The number of aromatic nitrogens is 3. The molecule has 1 saturated heterocycles. The number of anilines is 1. The van der Waals surface area contributed by atoms with Crippen molar-refractivity contribution in [3.8, 4) is 11.4 Å². The van der Waals surface area contributed by atoms with Crippen LogP contribution in [0.4, 0.5) is 5.69 Å². The number of fused-ring (bicyclic) bond motifs is 3. The van der Waals surface area contributed by atoms with E-state index in [9.17, 15) is 9.59 Å². The average molecular weight is 540 g/mol. The number of rotatable bonds is 7. The molecule has 1 aliphatic rings. The van der Waals surface area contributed by atoms with Gasteiger partial charge in [0.15, 0.2) is 5.16 Å². The second kappa shape index (κ2) is 10.9. The van der Waals surface area contributed by atoms with E-state index in [4.69, 9.17) is 9.72 Å². The zero-order valence-electron chi connectivity index (χ0n) is 21.7. The Kier molecular flexibility index (Phi) is 6.98. The minimum absolute atomic E-state index is 0.0410. The Labute approximate surface area is 230 Å². The Morgan fingerprint density at radius 1 is 0.923 bits per heavy atom. The van der Waals surface area contributed by atoms with E-state index in [-0.39, 0.29) is 17.2 Å². The summed E-state index contributed by atoms with van der Waals surface area (Å²) in [5.41, 5.74) is 3.55. The van der Waals surface area contributed by atoms with Crippen LogP contribution in [0.2, 0.25) is 0 Å². The molecule has 1 fully saturated rings. The average Bonchev–Trinajstić information content (AvgIpc) is 3.36. The van der Waals surface area contributed by atoms with Crippen molar-refractivity contribution >= 4 is 45.3 Å². The van der Waals surface area contributed by atoms with Gasteiger partial charge in [0.25, 0.3) is 5.56 Å². The van der Waals surface area contributed by atoms with Gasteiger partial charge in [-0.25, -0.2) is 4.98 Å². The summed E-state index contributed by atoms with van der Waals surface area (Å²) >= 11 is 1.30. The number of carbonyl (C=O) groups is 1. The molecule has 0 saturated carbocycles. The molecule has 1 aliphatic heterocycles. The molecule has 0 unspecified atom stereocenters. The SMILES string of the molecule is CCOc1ccc(-n2c(SCC(=O)N3CCN(c4ccccc4)CC3)nc3c([nH]c4ccccc43)c2=O)cc1. The van der Waals surface area contributed by atoms with Gasteiger partial charge >= 0.3 is 0 Å². The number of nitrogens with one attached hydrogen (secondary N) is 1. The van der Waals surface area contributed by atoms with E-state index in [0.29, 0.717) is 41.6 Å². The highest BCUT2D eigenvalue weighted by molar-refractivity contribution is 7.99. The van der Waals surface area contributed by atoms with Crippen LogP contribution < -0.4 is 15.2 Å². The fourth-order valence-corrected chi connectivity index (χ4v) is 5.90. The van der Waals surface area contributed by atoms with Gasteiger partial charge < -0.3 is 19.5 Å². The zero-order valence-corrected chi connectivity index (χ0v) is 22.5. The molecule has 6 rings (SSSR count). The van der Waals surface area contributed by atoms with Crippen LogP contribution in [-0.4, -0.2) is 63.9 Å². The molecular formula is C30H29N5O3S. The van der Waals surface area contributed by atoms with E-state index >= 15 is 0 Å². The highest BCUT2D eigenvalue weighted by atomic mass is 32.2. The first-order chi connectivity index (χ1) is 19.1. The molecule has 39 heavy (non-hydrogen) atoms. The number of benzene rings is 3. The summed E-state index contributed by atoms with van der Waals surface area (Å²) in [6.45, 7) is 5.39. The number of amides is 1. The smallest absolute Gasteiger partial charge is 0.283 e.